The van der Waals surface area contributed by atoms with Crippen molar-refractivity contribution >= 4 is 43.8 Å². The van der Waals surface area contributed by atoms with Gasteiger partial charge in [-0.05, 0) is 36.8 Å². The Kier molecular flexibility index (Phi) is 4.59. The van der Waals surface area contributed by atoms with Crippen molar-refractivity contribution in [2.45, 2.75) is 24.0 Å². The minimum Gasteiger partial charge on any atom is -0.398 e. The molecule has 0 radical (unpaired) electrons. The van der Waals surface area contributed by atoms with E-state index in [1.165, 1.54) is 4.88 Å². The molecule has 1 aromatic carbocycles. The molecule has 2 rings (SSSR count). The molecule has 0 amide bonds. The number of halogens is 1. The van der Waals surface area contributed by atoms with Crippen LogP contribution >= 0.6 is 27.3 Å². The zero-order valence-corrected chi connectivity index (χ0v) is 13.2. The maximum Gasteiger partial charge on any atom is 0.0632 e. The molecule has 1 atom stereocenters. The molecule has 18 heavy (non-hydrogen) atoms. The van der Waals surface area contributed by atoms with Crippen LogP contribution in [0.5, 0.6) is 0 Å². The van der Waals surface area contributed by atoms with E-state index in [1.54, 1.807) is 17.4 Å². The molecule has 5 heteroatoms. The summed E-state index contributed by atoms with van der Waals surface area (Å²) in [5.74, 6) is 0.533. The summed E-state index contributed by atoms with van der Waals surface area (Å²) in [5.41, 5.74) is 6.45. The lowest BCUT2D eigenvalue weighted by molar-refractivity contribution is 0.683. The minimum absolute atomic E-state index is 0.533. The Morgan fingerprint density at radius 2 is 2.00 bits per heavy atom. The number of benzene rings is 1. The predicted octanol–water partition coefficient (Wildman–Crippen LogP) is 3.96. The molecule has 0 saturated carbocycles. The smallest absolute Gasteiger partial charge is 0.0632 e. The number of hydrogen-bond donors (Lipinski definition) is 1. The molecule has 0 aliphatic carbocycles. The standard InChI is InChI=1S/C13H14BrNOS2/c1-2-10-4-5-11(17-10)8-18(16)13-7-9(14)3-6-12(13)15/h3-7H,2,8,15H2,1H3. The highest BCUT2D eigenvalue weighted by molar-refractivity contribution is 9.10. The summed E-state index contributed by atoms with van der Waals surface area (Å²) in [6.07, 6.45) is 1.02. The number of nitrogens with two attached hydrogens (primary N) is 1. The van der Waals surface area contributed by atoms with E-state index in [-0.39, 0.29) is 0 Å². The van der Waals surface area contributed by atoms with Gasteiger partial charge in [0.15, 0.2) is 0 Å². The maximum atomic E-state index is 12.3. The van der Waals surface area contributed by atoms with Crippen molar-refractivity contribution in [3.8, 4) is 0 Å². The van der Waals surface area contributed by atoms with E-state index in [2.05, 4.69) is 35.0 Å². The van der Waals surface area contributed by atoms with E-state index in [4.69, 9.17) is 5.73 Å². The highest BCUT2D eigenvalue weighted by Crippen LogP contribution is 2.25. The zero-order valence-electron chi connectivity index (χ0n) is 9.98. The molecule has 96 valence electrons. The number of rotatable bonds is 4. The van der Waals surface area contributed by atoms with Crippen LogP contribution in [0, 0.1) is 0 Å². The Bertz CT molecular complexity index is 580. The highest BCUT2D eigenvalue weighted by Gasteiger charge is 2.11. The molecule has 1 aromatic heterocycles. The van der Waals surface area contributed by atoms with Gasteiger partial charge >= 0.3 is 0 Å². The van der Waals surface area contributed by atoms with Crippen LogP contribution in [0.1, 0.15) is 16.7 Å². The molecular weight excluding hydrogens is 330 g/mol. The van der Waals surface area contributed by atoms with Crippen molar-refractivity contribution in [2.24, 2.45) is 0 Å². The topological polar surface area (TPSA) is 43.1 Å². The van der Waals surface area contributed by atoms with Crippen LogP contribution < -0.4 is 5.73 Å². The second-order valence-corrected chi connectivity index (χ2v) is 7.48. The third kappa shape index (κ3) is 3.22. The first-order chi connectivity index (χ1) is 8.60. The third-order valence-corrected chi connectivity index (χ3v) is 5.88. The van der Waals surface area contributed by atoms with Gasteiger partial charge in [0.2, 0.25) is 0 Å². The van der Waals surface area contributed by atoms with Gasteiger partial charge in [0.05, 0.1) is 21.4 Å². The minimum atomic E-state index is -1.09. The van der Waals surface area contributed by atoms with Crippen molar-refractivity contribution in [1.82, 2.24) is 0 Å². The summed E-state index contributed by atoms with van der Waals surface area (Å²) in [4.78, 5) is 3.17. The van der Waals surface area contributed by atoms with E-state index in [9.17, 15) is 4.21 Å². The quantitative estimate of drug-likeness (QED) is 0.853. The van der Waals surface area contributed by atoms with Crippen LogP contribution in [-0.2, 0) is 23.0 Å². The summed E-state index contributed by atoms with van der Waals surface area (Å²) in [6, 6.07) is 9.62. The summed E-state index contributed by atoms with van der Waals surface area (Å²) in [6.45, 7) is 2.12. The zero-order chi connectivity index (χ0) is 13.1. The molecule has 0 bridgehead atoms. The van der Waals surface area contributed by atoms with Gasteiger partial charge in [-0.3, -0.25) is 4.21 Å². The van der Waals surface area contributed by atoms with E-state index in [1.807, 2.05) is 12.1 Å². The van der Waals surface area contributed by atoms with Gasteiger partial charge < -0.3 is 5.73 Å². The number of anilines is 1. The van der Waals surface area contributed by atoms with Gasteiger partial charge in [-0.15, -0.1) is 11.3 Å². The summed E-state index contributed by atoms with van der Waals surface area (Å²) >= 11 is 5.10. The second-order valence-electron chi connectivity index (χ2n) is 3.89. The molecule has 0 aliphatic heterocycles. The fraction of sp³-hybridized carbons (Fsp3) is 0.231. The Balaban J connectivity index is 2.19. The second kappa shape index (κ2) is 5.99. The van der Waals surface area contributed by atoms with Crippen molar-refractivity contribution in [3.05, 3.63) is 44.6 Å². The van der Waals surface area contributed by atoms with Crippen molar-refractivity contribution in [2.75, 3.05) is 5.73 Å². The van der Waals surface area contributed by atoms with Crippen molar-refractivity contribution < 1.29 is 4.21 Å². The van der Waals surface area contributed by atoms with Crippen molar-refractivity contribution in [3.63, 3.8) is 0 Å². The summed E-state index contributed by atoms with van der Waals surface area (Å²) in [5, 5.41) is 0. The first-order valence-corrected chi connectivity index (χ1v) is 8.54. The molecule has 0 fully saturated rings. The first kappa shape index (κ1) is 13.8. The number of aryl methyl sites for hydroxylation is 1. The molecular formula is C13H14BrNOS2. The molecule has 0 saturated heterocycles. The molecule has 1 heterocycles. The van der Waals surface area contributed by atoms with Gasteiger partial charge in [0, 0.05) is 19.9 Å². The van der Waals surface area contributed by atoms with E-state index < -0.39 is 10.8 Å². The lowest BCUT2D eigenvalue weighted by Crippen LogP contribution is -1.99. The normalized spacial score (nSPS) is 12.6. The van der Waals surface area contributed by atoms with Crippen LogP contribution in [0.4, 0.5) is 5.69 Å². The van der Waals surface area contributed by atoms with Crippen molar-refractivity contribution in [1.29, 1.82) is 0 Å². The molecule has 2 aromatic rings. The number of thiophene rings is 1. The largest absolute Gasteiger partial charge is 0.398 e. The lowest BCUT2D eigenvalue weighted by Gasteiger charge is -2.05. The van der Waals surface area contributed by atoms with Gasteiger partial charge in [0.1, 0.15) is 0 Å². The van der Waals surface area contributed by atoms with Gasteiger partial charge in [-0.2, -0.15) is 0 Å². The summed E-state index contributed by atoms with van der Waals surface area (Å²) < 4.78 is 13.2. The Labute approximate surface area is 122 Å². The van der Waals surface area contributed by atoms with Crippen LogP contribution in [0.15, 0.2) is 39.7 Å². The van der Waals surface area contributed by atoms with E-state index in [0.29, 0.717) is 16.3 Å². The fourth-order valence-electron chi connectivity index (χ4n) is 1.60. The van der Waals surface area contributed by atoms with E-state index >= 15 is 0 Å². The SMILES string of the molecule is CCc1ccc(CS(=O)c2cc(Br)ccc2N)s1. The van der Waals surface area contributed by atoms with Crippen LogP contribution in [-0.4, -0.2) is 4.21 Å². The maximum absolute atomic E-state index is 12.3. The highest BCUT2D eigenvalue weighted by atomic mass is 79.9. The van der Waals surface area contributed by atoms with Gasteiger partial charge in [-0.25, -0.2) is 0 Å². The molecule has 0 spiro atoms. The van der Waals surface area contributed by atoms with Gasteiger partial charge in [-0.1, -0.05) is 22.9 Å². The lowest BCUT2D eigenvalue weighted by atomic mass is 10.3. The predicted molar refractivity (Wildman–Crippen MR) is 82.4 cm³/mol. The number of nitrogen functional groups attached to an aromatic ring is 1. The molecule has 1 unspecified atom stereocenters. The molecule has 2 N–H and O–H groups in total. The summed E-state index contributed by atoms with van der Waals surface area (Å²) in [7, 11) is -1.09. The number of hydrogen-bond acceptors (Lipinski definition) is 3. The molecule has 0 aliphatic rings. The Hall–Kier alpha value is -0.650. The fourth-order valence-corrected chi connectivity index (χ4v) is 4.52. The van der Waals surface area contributed by atoms with Crippen LogP contribution in [0.2, 0.25) is 0 Å². The average molecular weight is 344 g/mol. The first-order valence-electron chi connectivity index (χ1n) is 5.61. The average Bonchev–Trinajstić information content (AvgIpc) is 2.80. The van der Waals surface area contributed by atoms with Crippen LogP contribution in [0.25, 0.3) is 0 Å². The Morgan fingerprint density at radius 1 is 1.28 bits per heavy atom. The van der Waals surface area contributed by atoms with E-state index in [0.717, 1.165) is 15.8 Å². The third-order valence-electron chi connectivity index (χ3n) is 2.56. The monoisotopic (exact) mass is 343 g/mol. The van der Waals surface area contributed by atoms with Crippen LogP contribution in [0.3, 0.4) is 0 Å². The Morgan fingerprint density at radius 3 is 2.67 bits per heavy atom. The molecule has 2 nitrogen and oxygen atoms in total. The van der Waals surface area contributed by atoms with Gasteiger partial charge in [0.25, 0.3) is 0 Å².